The molecule has 0 fully saturated rings. The van der Waals surface area contributed by atoms with E-state index in [0.29, 0.717) is 23.1 Å². The van der Waals surface area contributed by atoms with Gasteiger partial charge in [0.25, 0.3) is 0 Å². The summed E-state index contributed by atoms with van der Waals surface area (Å²) in [7, 11) is -0.299. The molecule has 36 heavy (non-hydrogen) atoms. The number of benzene rings is 2. The van der Waals surface area contributed by atoms with E-state index in [1.807, 2.05) is 54.6 Å². The number of rotatable bonds is 7. The Bertz CT molecular complexity index is 1650. The van der Waals surface area contributed by atoms with Crippen LogP contribution in [0.1, 0.15) is 0 Å². The average Bonchev–Trinajstić information content (AvgIpc) is 3.31. The predicted molar refractivity (Wildman–Crippen MR) is 141 cm³/mol. The van der Waals surface area contributed by atoms with Crippen molar-refractivity contribution >= 4 is 32.9 Å². The van der Waals surface area contributed by atoms with Crippen molar-refractivity contribution in [2.75, 3.05) is 30.0 Å². The molecule has 0 atom stereocenters. The Morgan fingerprint density at radius 3 is 2.56 bits per heavy atom. The summed E-state index contributed by atoms with van der Waals surface area (Å²) in [6.07, 6.45) is 6.41. The van der Waals surface area contributed by atoms with Gasteiger partial charge in [-0.05, 0) is 42.0 Å². The minimum atomic E-state index is -3.44. The number of para-hydroxylation sites is 1. The molecule has 0 unspecified atom stereocenters. The maximum Gasteiger partial charge on any atom is 0.245 e. The van der Waals surface area contributed by atoms with Crippen LogP contribution in [0.25, 0.3) is 27.9 Å². The summed E-state index contributed by atoms with van der Waals surface area (Å²) < 4.78 is 33.0. The number of nitrogens with one attached hydrogen (secondary N) is 1. The molecule has 0 saturated carbocycles. The lowest BCUT2D eigenvalue weighted by molar-refractivity contribution is 0.417. The number of ether oxygens (including phenoxy) is 1. The van der Waals surface area contributed by atoms with Gasteiger partial charge in [-0.2, -0.15) is 0 Å². The zero-order chi connectivity index (χ0) is 25.3. The highest BCUT2D eigenvalue weighted by atomic mass is 32.2. The van der Waals surface area contributed by atoms with Gasteiger partial charge in [-0.3, -0.25) is 9.29 Å². The molecule has 0 bridgehead atoms. The molecule has 182 valence electrons. The lowest BCUT2D eigenvalue weighted by Gasteiger charge is -2.20. The number of aromatic nitrogens is 4. The Labute approximate surface area is 209 Å². The number of nitrogens with zero attached hydrogens (tertiary/aromatic N) is 5. The molecule has 0 aliphatic heterocycles. The van der Waals surface area contributed by atoms with E-state index >= 15 is 0 Å². The second-order valence-electron chi connectivity index (χ2n) is 8.17. The number of hydrogen-bond acceptors (Lipinski definition) is 7. The minimum absolute atomic E-state index is 0.362. The predicted octanol–water partition coefficient (Wildman–Crippen LogP) is 4.61. The fourth-order valence-electron chi connectivity index (χ4n) is 3.93. The topological polar surface area (TPSA) is 102 Å². The molecule has 5 aromatic rings. The lowest BCUT2D eigenvalue weighted by atomic mass is 10.1. The van der Waals surface area contributed by atoms with Gasteiger partial charge >= 0.3 is 0 Å². The summed E-state index contributed by atoms with van der Waals surface area (Å²) in [5.74, 6) is 0.995. The number of hydrogen-bond donors (Lipinski definition) is 1. The normalized spacial score (nSPS) is 11.4. The van der Waals surface area contributed by atoms with Crippen molar-refractivity contribution in [1.29, 1.82) is 0 Å². The van der Waals surface area contributed by atoms with E-state index < -0.39 is 10.0 Å². The van der Waals surface area contributed by atoms with Crippen molar-refractivity contribution in [3.63, 3.8) is 0 Å². The molecular weight excluding hydrogens is 476 g/mol. The molecule has 0 amide bonds. The van der Waals surface area contributed by atoms with E-state index in [9.17, 15) is 8.42 Å². The van der Waals surface area contributed by atoms with Crippen LogP contribution < -0.4 is 14.4 Å². The Kier molecular flexibility index (Phi) is 6.03. The molecule has 1 N–H and O–H groups in total. The lowest BCUT2D eigenvalue weighted by Crippen LogP contribution is -2.25. The standard InChI is InChI=1S/C26H24N6O3S/c1-31(36(3,33)34)23-9-5-4-8-21(23)24-13-11-20-17-28-26(30-32(20)24)29-22-12-10-18(15-25(22)35-2)19-7-6-14-27-16-19/h4-17H,1-3H3,(H,29,30). The maximum atomic E-state index is 12.2. The van der Waals surface area contributed by atoms with Crippen LogP contribution in [0.3, 0.4) is 0 Å². The number of fused-ring (bicyclic) bond motifs is 1. The number of anilines is 3. The molecule has 0 spiro atoms. The SMILES string of the molecule is COc1cc(-c2cccnc2)ccc1Nc1ncc2ccc(-c3ccccc3N(C)S(C)(=O)=O)n2n1. The first-order chi connectivity index (χ1) is 17.3. The van der Waals surface area contributed by atoms with Crippen molar-refractivity contribution < 1.29 is 13.2 Å². The smallest absolute Gasteiger partial charge is 0.245 e. The summed E-state index contributed by atoms with van der Waals surface area (Å²) >= 11 is 0. The molecule has 9 nitrogen and oxygen atoms in total. The van der Waals surface area contributed by atoms with Gasteiger partial charge in [0.1, 0.15) is 5.75 Å². The largest absolute Gasteiger partial charge is 0.495 e. The summed E-state index contributed by atoms with van der Waals surface area (Å²) in [6.45, 7) is 0. The highest BCUT2D eigenvalue weighted by Gasteiger charge is 2.19. The Morgan fingerprint density at radius 1 is 0.972 bits per heavy atom. The average molecular weight is 501 g/mol. The van der Waals surface area contributed by atoms with Crippen molar-refractivity contribution in [2.45, 2.75) is 0 Å². The van der Waals surface area contributed by atoms with Crippen molar-refractivity contribution in [3.8, 4) is 28.1 Å². The first kappa shape index (κ1) is 23.3. The van der Waals surface area contributed by atoms with Gasteiger partial charge in [0, 0.05) is 30.6 Å². The number of methoxy groups -OCH3 is 1. The molecule has 0 radical (unpaired) electrons. The van der Waals surface area contributed by atoms with Crippen molar-refractivity contribution in [3.05, 3.63) is 85.3 Å². The van der Waals surface area contributed by atoms with Gasteiger partial charge < -0.3 is 10.1 Å². The van der Waals surface area contributed by atoms with Gasteiger partial charge in [0.15, 0.2) is 0 Å². The molecule has 10 heteroatoms. The second kappa shape index (κ2) is 9.31. The van der Waals surface area contributed by atoms with Crippen LogP contribution in [-0.2, 0) is 10.0 Å². The van der Waals surface area contributed by atoms with Gasteiger partial charge in [-0.25, -0.2) is 17.9 Å². The fraction of sp³-hybridized carbons (Fsp3) is 0.115. The van der Waals surface area contributed by atoms with E-state index in [-0.39, 0.29) is 0 Å². The van der Waals surface area contributed by atoms with Crippen LogP contribution >= 0.6 is 0 Å². The molecule has 5 rings (SSSR count). The molecule has 0 saturated heterocycles. The zero-order valence-electron chi connectivity index (χ0n) is 20.0. The van der Waals surface area contributed by atoms with Gasteiger partial charge in [0.05, 0.1) is 42.1 Å². The summed E-state index contributed by atoms with van der Waals surface area (Å²) in [4.78, 5) is 8.63. The summed E-state index contributed by atoms with van der Waals surface area (Å²) in [5, 5.41) is 7.92. The van der Waals surface area contributed by atoms with Crippen LogP contribution in [0.4, 0.5) is 17.3 Å². The van der Waals surface area contributed by atoms with Crippen LogP contribution in [0.2, 0.25) is 0 Å². The van der Waals surface area contributed by atoms with E-state index in [2.05, 4.69) is 20.4 Å². The fourth-order valence-corrected chi connectivity index (χ4v) is 4.45. The van der Waals surface area contributed by atoms with E-state index in [4.69, 9.17) is 4.74 Å². The quantitative estimate of drug-likeness (QED) is 0.348. The molecule has 0 aliphatic carbocycles. The third kappa shape index (κ3) is 4.46. The number of pyridine rings is 1. The highest BCUT2D eigenvalue weighted by Crippen LogP contribution is 2.34. The number of sulfonamides is 1. The van der Waals surface area contributed by atoms with E-state index in [0.717, 1.165) is 27.9 Å². The maximum absolute atomic E-state index is 12.2. The van der Waals surface area contributed by atoms with Crippen LogP contribution in [-0.4, -0.2) is 48.4 Å². The second-order valence-corrected chi connectivity index (χ2v) is 10.2. The third-order valence-corrected chi connectivity index (χ3v) is 7.05. The van der Waals surface area contributed by atoms with Crippen LogP contribution in [0.15, 0.2) is 85.3 Å². The summed E-state index contributed by atoms with van der Waals surface area (Å²) in [6, 6.07) is 20.8. The monoisotopic (exact) mass is 500 g/mol. The highest BCUT2D eigenvalue weighted by molar-refractivity contribution is 7.92. The Balaban J connectivity index is 1.53. The Morgan fingerprint density at radius 2 is 1.81 bits per heavy atom. The zero-order valence-corrected chi connectivity index (χ0v) is 20.8. The van der Waals surface area contributed by atoms with Gasteiger partial charge in [0.2, 0.25) is 16.0 Å². The van der Waals surface area contributed by atoms with Crippen molar-refractivity contribution in [1.82, 2.24) is 19.6 Å². The van der Waals surface area contributed by atoms with E-state index in [1.54, 1.807) is 42.3 Å². The molecule has 3 aromatic heterocycles. The molecular formula is C26H24N6O3S. The minimum Gasteiger partial charge on any atom is -0.495 e. The Hall–Kier alpha value is -4.44. The van der Waals surface area contributed by atoms with Crippen molar-refractivity contribution in [2.24, 2.45) is 0 Å². The first-order valence-corrected chi connectivity index (χ1v) is 12.9. The third-order valence-electron chi connectivity index (χ3n) is 5.86. The van der Waals surface area contributed by atoms with Crippen LogP contribution in [0.5, 0.6) is 5.75 Å². The van der Waals surface area contributed by atoms with Gasteiger partial charge in [-0.15, -0.1) is 5.10 Å². The van der Waals surface area contributed by atoms with E-state index in [1.165, 1.54) is 17.6 Å². The molecule has 0 aliphatic rings. The van der Waals surface area contributed by atoms with Crippen LogP contribution in [0, 0.1) is 0 Å². The summed E-state index contributed by atoms with van der Waals surface area (Å²) in [5.41, 5.74) is 5.45. The van der Waals surface area contributed by atoms with Gasteiger partial charge in [-0.1, -0.05) is 30.3 Å². The molecule has 2 aromatic carbocycles. The first-order valence-electron chi connectivity index (χ1n) is 11.1. The molecule has 3 heterocycles.